The van der Waals surface area contributed by atoms with Gasteiger partial charge in [-0.2, -0.15) is 0 Å². The monoisotopic (exact) mass is 435 g/mol. The number of carbonyl (C=O) groups excluding carboxylic acids is 2. The molecule has 3 rings (SSSR count). The minimum atomic E-state index is -0.863. The van der Waals surface area contributed by atoms with Crippen molar-refractivity contribution in [3.63, 3.8) is 0 Å². The Morgan fingerprint density at radius 3 is 2.44 bits per heavy atom. The number of non-ortho nitro benzene ring substituents is 1. The predicted molar refractivity (Wildman–Crippen MR) is 120 cm³/mol. The van der Waals surface area contributed by atoms with Crippen LogP contribution in [0, 0.1) is 10.1 Å². The van der Waals surface area contributed by atoms with E-state index in [0.717, 1.165) is 16.5 Å². The molecule has 0 aliphatic heterocycles. The van der Waals surface area contributed by atoms with E-state index in [0.29, 0.717) is 5.56 Å². The molecule has 1 atom stereocenters. The fraction of sp³-hybridized carbons (Fsp3) is 0.292. The van der Waals surface area contributed by atoms with Crippen LogP contribution in [0.25, 0.3) is 10.9 Å². The molecule has 1 N–H and O–H groups in total. The maximum atomic E-state index is 13.1. The SMILES string of the molecule is CC(C)(C)OC(=O)NC(Cc1ccc([N+](=O)[O-])cc1)C(=O)Cc1cnc2ccccc2c1. The first-order chi connectivity index (χ1) is 15.1. The van der Waals surface area contributed by atoms with E-state index in [1.54, 1.807) is 39.1 Å². The summed E-state index contributed by atoms with van der Waals surface area (Å²) in [4.78, 5) is 40.3. The number of nitro benzene ring substituents is 1. The summed E-state index contributed by atoms with van der Waals surface area (Å²) in [6.45, 7) is 5.21. The topological polar surface area (TPSA) is 111 Å². The molecule has 8 heteroatoms. The van der Waals surface area contributed by atoms with Gasteiger partial charge in [-0.05, 0) is 50.5 Å². The molecule has 0 radical (unpaired) electrons. The van der Waals surface area contributed by atoms with Crippen molar-refractivity contribution in [2.24, 2.45) is 0 Å². The molecule has 2 aromatic carbocycles. The summed E-state index contributed by atoms with van der Waals surface area (Å²) in [5.74, 6) is -0.216. The second-order valence-corrected chi connectivity index (χ2v) is 8.51. The van der Waals surface area contributed by atoms with Gasteiger partial charge in [-0.25, -0.2) is 4.79 Å². The van der Waals surface area contributed by atoms with Crippen LogP contribution in [-0.2, 0) is 22.4 Å². The molecule has 0 fully saturated rings. The third-order valence-corrected chi connectivity index (χ3v) is 4.69. The van der Waals surface area contributed by atoms with Crippen LogP contribution in [0.15, 0.2) is 60.8 Å². The standard InChI is InChI=1S/C24H25N3O5/c1-24(2,3)32-23(29)26-21(13-16-8-10-19(11-9-16)27(30)31)22(28)14-17-12-18-6-4-5-7-20(18)25-15-17/h4-12,15,21H,13-14H2,1-3H3,(H,26,29). The number of alkyl carbamates (subject to hydrolysis) is 1. The van der Waals surface area contributed by atoms with Crippen molar-refractivity contribution in [1.29, 1.82) is 0 Å². The fourth-order valence-electron chi connectivity index (χ4n) is 3.22. The van der Waals surface area contributed by atoms with E-state index in [9.17, 15) is 19.7 Å². The number of pyridine rings is 1. The number of para-hydroxylation sites is 1. The third-order valence-electron chi connectivity index (χ3n) is 4.69. The van der Waals surface area contributed by atoms with E-state index >= 15 is 0 Å². The molecule has 32 heavy (non-hydrogen) atoms. The molecule has 1 unspecified atom stereocenters. The van der Waals surface area contributed by atoms with Crippen LogP contribution in [0.2, 0.25) is 0 Å². The fourth-order valence-corrected chi connectivity index (χ4v) is 3.22. The largest absolute Gasteiger partial charge is 0.444 e. The Kier molecular flexibility index (Phi) is 6.82. The van der Waals surface area contributed by atoms with Crippen molar-refractivity contribution < 1.29 is 19.2 Å². The van der Waals surface area contributed by atoms with Gasteiger partial charge >= 0.3 is 6.09 Å². The van der Waals surface area contributed by atoms with Crippen molar-refractivity contribution in [1.82, 2.24) is 10.3 Å². The Balaban J connectivity index is 1.79. The van der Waals surface area contributed by atoms with Gasteiger partial charge in [0.1, 0.15) is 5.60 Å². The summed E-state index contributed by atoms with van der Waals surface area (Å²) >= 11 is 0. The highest BCUT2D eigenvalue weighted by atomic mass is 16.6. The van der Waals surface area contributed by atoms with Crippen LogP contribution >= 0.6 is 0 Å². The molecule has 1 aromatic heterocycles. The molecule has 1 amide bonds. The van der Waals surface area contributed by atoms with Gasteiger partial charge in [0.15, 0.2) is 5.78 Å². The second kappa shape index (κ2) is 9.55. The normalized spacial score (nSPS) is 12.2. The number of Topliss-reactive ketones (excluding diaryl/α,β-unsaturated/α-hetero) is 1. The molecule has 1 heterocycles. The molecule has 0 aliphatic rings. The highest BCUT2D eigenvalue weighted by Crippen LogP contribution is 2.17. The first-order valence-corrected chi connectivity index (χ1v) is 10.2. The van der Waals surface area contributed by atoms with Crippen molar-refractivity contribution in [2.45, 2.75) is 45.3 Å². The highest BCUT2D eigenvalue weighted by Gasteiger charge is 2.25. The quantitative estimate of drug-likeness (QED) is 0.435. The van der Waals surface area contributed by atoms with Gasteiger partial charge in [0.2, 0.25) is 0 Å². The number of rotatable bonds is 7. The van der Waals surface area contributed by atoms with Gasteiger partial charge in [-0.15, -0.1) is 0 Å². The molecule has 166 valence electrons. The lowest BCUT2D eigenvalue weighted by atomic mass is 9.97. The van der Waals surface area contributed by atoms with Crippen LogP contribution in [0.1, 0.15) is 31.9 Å². The molecule has 0 aliphatic carbocycles. The number of ketones is 1. The van der Waals surface area contributed by atoms with E-state index in [2.05, 4.69) is 10.3 Å². The van der Waals surface area contributed by atoms with Crippen LogP contribution in [-0.4, -0.2) is 33.4 Å². The minimum Gasteiger partial charge on any atom is -0.444 e. The Hall–Kier alpha value is -3.81. The number of hydrogen-bond acceptors (Lipinski definition) is 6. The number of nitro groups is 1. The smallest absolute Gasteiger partial charge is 0.408 e. The number of benzene rings is 2. The summed E-state index contributed by atoms with van der Waals surface area (Å²) in [5, 5.41) is 14.5. The number of amides is 1. The summed E-state index contributed by atoms with van der Waals surface area (Å²) in [5.41, 5.74) is 1.49. The van der Waals surface area contributed by atoms with Crippen LogP contribution in [0.5, 0.6) is 0 Å². The van der Waals surface area contributed by atoms with E-state index in [4.69, 9.17) is 4.74 Å². The number of carbonyl (C=O) groups is 2. The maximum absolute atomic E-state index is 13.1. The Bertz CT molecular complexity index is 1140. The zero-order valence-corrected chi connectivity index (χ0v) is 18.2. The average molecular weight is 435 g/mol. The van der Waals surface area contributed by atoms with Gasteiger partial charge in [0.05, 0.1) is 16.5 Å². The van der Waals surface area contributed by atoms with Crippen molar-refractivity contribution in [2.75, 3.05) is 0 Å². The van der Waals surface area contributed by atoms with Gasteiger partial charge in [-0.1, -0.05) is 30.3 Å². The number of fused-ring (bicyclic) bond motifs is 1. The number of ether oxygens (including phenoxy) is 1. The summed E-state index contributed by atoms with van der Waals surface area (Å²) < 4.78 is 5.31. The van der Waals surface area contributed by atoms with E-state index < -0.39 is 22.7 Å². The highest BCUT2D eigenvalue weighted by molar-refractivity contribution is 5.90. The lowest BCUT2D eigenvalue weighted by Crippen LogP contribution is -2.45. The van der Waals surface area contributed by atoms with Gasteiger partial charge in [0, 0.05) is 30.1 Å². The minimum absolute atomic E-state index is 0.0426. The molecule has 0 saturated heterocycles. The first-order valence-electron chi connectivity index (χ1n) is 10.2. The number of nitrogens with zero attached hydrogens (tertiary/aromatic N) is 2. The molecule has 0 spiro atoms. The Labute approximate surface area is 185 Å². The summed E-state index contributed by atoms with van der Waals surface area (Å²) in [6.07, 6.45) is 1.20. The van der Waals surface area contributed by atoms with E-state index in [1.165, 1.54) is 12.1 Å². The second-order valence-electron chi connectivity index (χ2n) is 8.51. The molecule has 0 bridgehead atoms. The molecule has 3 aromatic rings. The molecule has 8 nitrogen and oxygen atoms in total. The number of aromatic nitrogens is 1. The summed E-state index contributed by atoms with van der Waals surface area (Å²) in [7, 11) is 0. The lowest BCUT2D eigenvalue weighted by Gasteiger charge is -2.23. The zero-order chi connectivity index (χ0) is 23.3. The van der Waals surface area contributed by atoms with E-state index in [-0.39, 0.29) is 24.3 Å². The van der Waals surface area contributed by atoms with Crippen LogP contribution < -0.4 is 5.32 Å². The van der Waals surface area contributed by atoms with Gasteiger partial charge in [-0.3, -0.25) is 19.9 Å². The Morgan fingerprint density at radius 1 is 1.09 bits per heavy atom. The van der Waals surface area contributed by atoms with Crippen LogP contribution in [0.3, 0.4) is 0 Å². The van der Waals surface area contributed by atoms with Gasteiger partial charge < -0.3 is 10.1 Å². The predicted octanol–water partition coefficient (Wildman–Crippen LogP) is 4.39. The molecular formula is C24H25N3O5. The molecule has 0 saturated carbocycles. The van der Waals surface area contributed by atoms with Crippen molar-refractivity contribution in [3.05, 3.63) is 82.0 Å². The molecular weight excluding hydrogens is 410 g/mol. The van der Waals surface area contributed by atoms with Gasteiger partial charge in [0.25, 0.3) is 5.69 Å². The van der Waals surface area contributed by atoms with Crippen molar-refractivity contribution >= 4 is 28.5 Å². The van der Waals surface area contributed by atoms with Crippen molar-refractivity contribution in [3.8, 4) is 0 Å². The Morgan fingerprint density at radius 2 is 1.78 bits per heavy atom. The van der Waals surface area contributed by atoms with Crippen LogP contribution in [0.4, 0.5) is 10.5 Å². The first kappa shape index (κ1) is 22.9. The number of hydrogen-bond donors (Lipinski definition) is 1. The maximum Gasteiger partial charge on any atom is 0.408 e. The van der Waals surface area contributed by atoms with E-state index in [1.807, 2.05) is 30.3 Å². The summed E-state index contributed by atoms with van der Waals surface area (Å²) in [6, 6.07) is 14.5. The number of nitrogens with one attached hydrogen (secondary N) is 1. The lowest BCUT2D eigenvalue weighted by molar-refractivity contribution is -0.384. The zero-order valence-electron chi connectivity index (χ0n) is 18.2. The average Bonchev–Trinajstić information content (AvgIpc) is 2.72. The third kappa shape index (κ3) is 6.34.